The van der Waals surface area contributed by atoms with E-state index >= 15 is 0 Å². The van der Waals surface area contributed by atoms with E-state index < -0.39 is 17.5 Å². The predicted octanol–water partition coefficient (Wildman–Crippen LogP) is 2.39. The van der Waals surface area contributed by atoms with Crippen molar-refractivity contribution in [2.45, 2.75) is 51.6 Å². The molecule has 0 bridgehead atoms. The molecule has 0 aliphatic carbocycles. The lowest BCUT2D eigenvalue weighted by atomic mass is 9.87. The Hall–Kier alpha value is -4.08. The summed E-state index contributed by atoms with van der Waals surface area (Å²) >= 11 is 0. The van der Waals surface area contributed by atoms with Gasteiger partial charge in [-0.15, -0.1) is 5.10 Å². The van der Waals surface area contributed by atoms with Crippen molar-refractivity contribution in [1.82, 2.24) is 25.6 Å². The summed E-state index contributed by atoms with van der Waals surface area (Å²) in [4.78, 5) is 48.9. The molecule has 2 heterocycles. The number of benzene rings is 2. The van der Waals surface area contributed by atoms with Gasteiger partial charge in [-0.05, 0) is 47.2 Å². The van der Waals surface area contributed by atoms with E-state index in [0.29, 0.717) is 16.8 Å². The van der Waals surface area contributed by atoms with Crippen molar-refractivity contribution < 1.29 is 14.4 Å². The third-order valence-electron chi connectivity index (χ3n) is 5.72. The quantitative estimate of drug-likeness (QED) is 0.510. The third-order valence-corrected chi connectivity index (χ3v) is 5.72. The fourth-order valence-corrected chi connectivity index (χ4v) is 3.74. The topological polar surface area (TPSA) is 135 Å². The van der Waals surface area contributed by atoms with E-state index in [2.05, 4.69) is 47.0 Å². The Balaban J connectivity index is 1.45. The van der Waals surface area contributed by atoms with E-state index in [4.69, 9.17) is 0 Å². The maximum Gasteiger partial charge on any atom is 0.319 e. The number of urea groups is 1. The Morgan fingerprint density at radius 2 is 1.85 bits per heavy atom. The summed E-state index contributed by atoms with van der Waals surface area (Å²) in [6, 6.07) is 11.4. The summed E-state index contributed by atoms with van der Waals surface area (Å²) in [5, 5.41) is 16.0. The highest BCUT2D eigenvalue weighted by Crippen LogP contribution is 2.23. The van der Waals surface area contributed by atoms with Crippen molar-refractivity contribution in [3.05, 3.63) is 63.9 Å². The van der Waals surface area contributed by atoms with Crippen LogP contribution in [0.3, 0.4) is 0 Å². The van der Waals surface area contributed by atoms with Crippen LogP contribution in [0.25, 0.3) is 10.9 Å². The summed E-state index contributed by atoms with van der Waals surface area (Å²) in [5.41, 5.74) is 2.45. The van der Waals surface area contributed by atoms with Crippen LogP contribution >= 0.6 is 0 Å². The Kier molecular flexibility index (Phi) is 6.14. The van der Waals surface area contributed by atoms with Gasteiger partial charge in [0, 0.05) is 18.7 Å². The van der Waals surface area contributed by atoms with E-state index in [0.717, 1.165) is 4.68 Å². The Bertz CT molecular complexity index is 1320. The van der Waals surface area contributed by atoms with Crippen LogP contribution in [0.1, 0.15) is 50.8 Å². The lowest BCUT2D eigenvalue weighted by molar-refractivity contribution is -0.136. The number of fused-ring (bicyclic) bond motifs is 1. The van der Waals surface area contributed by atoms with Gasteiger partial charge >= 0.3 is 6.03 Å². The van der Waals surface area contributed by atoms with Crippen LogP contribution in [0.5, 0.6) is 0 Å². The first-order valence-corrected chi connectivity index (χ1v) is 11.0. The van der Waals surface area contributed by atoms with Crippen molar-refractivity contribution in [2.24, 2.45) is 0 Å². The standard InChI is InChI=1S/C24H26N6O4/c1-24(2,3)15-5-7-16(8-6-15)26-23(34)25-13-14-4-9-18-17(12-14)22(33)30(29-28-18)19-10-11-20(31)27-21(19)32/h4-9,12,19H,10-11,13H2,1-3H3,(H2,25,26,34)(H,27,31,32). The number of rotatable bonds is 4. The van der Waals surface area contributed by atoms with E-state index in [1.165, 1.54) is 5.56 Å². The van der Waals surface area contributed by atoms with Crippen LogP contribution in [0.4, 0.5) is 10.5 Å². The van der Waals surface area contributed by atoms with Crippen molar-refractivity contribution >= 4 is 34.4 Å². The number of carbonyl (C=O) groups is 3. The number of hydrogen-bond acceptors (Lipinski definition) is 6. The normalized spacial score (nSPS) is 16.3. The first kappa shape index (κ1) is 23.1. The summed E-state index contributed by atoms with van der Waals surface area (Å²) in [7, 11) is 0. The van der Waals surface area contributed by atoms with Crippen LogP contribution in [0.2, 0.25) is 0 Å². The zero-order valence-electron chi connectivity index (χ0n) is 19.2. The van der Waals surface area contributed by atoms with Gasteiger partial charge < -0.3 is 10.6 Å². The summed E-state index contributed by atoms with van der Waals surface area (Å²) in [6.45, 7) is 6.55. The molecular weight excluding hydrogens is 436 g/mol. The maximum absolute atomic E-state index is 13.0. The predicted molar refractivity (Wildman–Crippen MR) is 126 cm³/mol. The molecule has 10 nitrogen and oxygen atoms in total. The highest BCUT2D eigenvalue weighted by molar-refractivity contribution is 5.99. The van der Waals surface area contributed by atoms with Crippen LogP contribution in [-0.2, 0) is 21.5 Å². The second kappa shape index (κ2) is 9.05. The molecule has 1 fully saturated rings. The zero-order valence-corrected chi connectivity index (χ0v) is 19.2. The van der Waals surface area contributed by atoms with E-state index in [1.54, 1.807) is 18.2 Å². The second-order valence-corrected chi connectivity index (χ2v) is 9.29. The van der Waals surface area contributed by atoms with Gasteiger partial charge in [-0.25, -0.2) is 4.79 Å². The lowest BCUT2D eigenvalue weighted by Crippen LogP contribution is -2.45. The number of carbonyl (C=O) groups excluding carboxylic acids is 3. The molecule has 4 rings (SSSR count). The van der Waals surface area contributed by atoms with Gasteiger partial charge in [0.25, 0.3) is 11.5 Å². The van der Waals surface area contributed by atoms with Crippen LogP contribution < -0.4 is 21.5 Å². The Morgan fingerprint density at radius 1 is 1.12 bits per heavy atom. The van der Waals surface area contributed by atoms with Crippen molar-refractivity contribution in [1.29, 1.82) is 0 Å². The van der Waals surface area contributed by atoms with E-state index in [9.17, 15) is 19.2 Å². The fraction of sp³-hybridized carbons (Fsp3) is 0.333. The molecule has 1 aliphatic heterocycles. The summed E-state index contributed by atoms with van der Waals surface area (Å²) in [5.74, 6) is -0.947. The molecule has 0 saturated carbocycles. The van der Waals surface area contributed by atoms with Gasteiger partial charge in [0.15, 0.2) is 0 Å². The molecule has 10 heteroatoms. The smallest absolute Gasteiger partial charge is 0.319 e. The average Bonchev–Trinajstić information content (AvgIpc) is 2.78. The zero-order chi connectivity index (χ0) is 24.5. The molecular formula is C24H26N6O4. The molecule has 2 aromatic carbocycles. The van der Waals surface area contributed by atoms with E-state index in [-0.39, 0.29) is 42.1 Å². The van der Waals surface area contributed by atoms with Gasteiger partial charge in [-0.1, -0.05) is 44.2 Å². The highest BCUT2D eigenvalue weighted by Gasteiger charge is 2.30. The lowest BCUT2D eigenvalue weighted by Gasteiger charge is -2.21. The van der Waals surface area contributed by atoms with Gasteiger partial charge in [0.1, 0.15) is 11.6 Å². The Morgan fingerprint density at radius 3 is 2.53 bits per heavy atom. The number of hydrogen-bond donors (Lipinski definition) is 3. The van der Waals surface area contributed by atoms with Gasteiger partial charge in [-0.2, -0.15) is 4.68 Å². The highest BCUT2D eigenvalue weighted by atomic mass is 16.2. The second-order valence-electron chi connectivity index (χ2n) is 9.29. The molecule has 34 heavy (non-hydrogen) atoms. The molecule has 176 valence electrons. The van der Waals surface area contributed by atoms with Crippen LogP contribution in [0, 0.1) is 0 Å². The number of nitrogens with one attached hydrogen (secondary N) is 3. The minimum Gasteiger partial charge on any atom is -0.334 e. The monoisotopic (exact) mass is 462 g/mol. The van der Waals surface area contributed by atoms with Gasteiger partial charge in [0.05, 0.1) is 5.39 Å². The number of piperidine rings is 1. The summed E-state index contributed by atoms with van der Waals surface area (Å²) in [6.07, 6.45) is 0.309. The van der Waals surface area contributed by atoms with E-state index in [1.807, 2.05) is 24.3 Å². The first-order chi connectivity index (χ1) is 16.1. The molecule has 0 spiro atoms. The van der Waals surface area contributed by atoms with Crippen molar-refractivity contribution in [3.8, 4) is 0 Å². The number of aromatic nitrogens is 3. The SMILES string of the molecule is CC(C)(C)c1ccc(NC(=O)NCc2ccc3nnn(C4CCC(=O)NC4=O)c(=O)c3c2)cc1. The average molecular weight is 463 g/mol. The molecule has 1 atom stereocenters. The molecule has 4 amide bonds. The number of anilines is 1. The fourth-order valence-electron chi connectivity index (χ4n) is 3.74. The minimum absolute atomic E-state index is 0.0258. The minimum atomic E-state index is -0.890. The number of amides is 4. The largest absolute Gasteiger partial charge is 0.334 e. The maximum atomic E-state index is 13.0. The molecule has 1 saturated heterocycles. The molecule has 1 aliphatic rings. The summed E-state index contributed by atoms with van der Waals surface area (Å²) < 4.78 is 1.01. The number of nitrogens with zero attached hydrogens (tertiary/aromatic N) is 3. The molecule has 3 aromatic rings. The van der Waals surface area contributed by atoms with Crippen LogP contribution in [0.15, 0.2) is 47.3 Å². The third kappa shape index (κ3) is 4.95. The molecule has 3 N–H and O–H groups in total. The van der Waals surface area contributed by atoms with Gasteiger partial charge in [0.2, 0.25) is 5.91 Å². The van der Waals surface area contributed by atoms with Crippen molar-refractivity contribution in [3.63, 3.8) is 0 Å². The molecule has 1 aromatic heterocycles. The first-order valence-electron chi connectivity index (χ1n) is 11.0. The van der Waals surface area contributed by atoms with Crippen LogP contribution in [-0.4, -0.2) is 32.8 Å². The van der Waals surface area contributed by atoms with Crippen molar-refractivity contribution in [2.75, 3.05) is 5.32 Å². The van der Waals surface area contributed by atoms with Gasteiger partial charge in [-0.3, -0.25) is 19.7 Å². The molecule has 1 unspecified atom stereocenters. The Labute approximate surface area is 195 Å². The number of imide groups is 1. The molecule has 0 radical (unpaired) electrons.